The summed E-state index contributed by atoms with van der Waals surface area (Å²) in [6.45, 7) is 2.95. The highest BCUT2D eigenvalue weighted by Gasteiger charge is 2.14. The van der Waals surface area contributed by atoms with E-state index in [1.807, 2.05) is 43.3 Å². The number of halogens is 1. The summed E-state index contributed by atoms with van der Waals surface area (Å²) in [7, 11) is 0. The van der Waals surface area contributed by atoms with Crippen molar-refractivity contribution < 1.29 is 4.79 Å². The molecule has 1 amide bonds. The van der Waals surface area contributed by atoms with Crippen LogP contribution < -0.4 is 10.6 Å². The molecule has 2 N–H and O–H groups in total. The Kier molecular flexibility index (Phi) is 3.49. The number of carbonyl (C=O) groups excluding carboxylic acids is 1. The number of amides is 1. The van der Waals surface area contributed by atoms with Crippen molar-refractivity contribution in [2.45, 2.75) is 13.3 Å². The molecule has 3 rings (SSSR count). The third kappa shape index (κ3) is 2.56. The van der Waals surface area contributed by atoms with E-state index < -0.39 is 0 Å². The van der Waals surface area contributed by atoms with Crippen LogP contribution in [0.15, 0.2) is 40.9 Å². The Morgan fingerprint density at radius 2 is 2.10 bits per heavy atom. The molecule has 1 aliphatic rings. The van der Waals surface area contributed by atoms with Crippen LogP contribution in [-0.4, -0.2) is 12.5 Å². The summed E-state index contributed by atoms with van der Waals surface area (Å²) >= 11 is 3.46. The molecule has 102 valence electrons. The van der Waals surface area contributed by atoms with Crippen LogP contribution in [0.4, 0.5) is 11.4 Å². The number of rotatable bonds is 2. The van der Waals surface area contributed by atoms with E-state index in [1.54, 1.807) is 0 Å². The van der Waals surface area contributed by atoms with Crippen LogP contribution in [0.3, 0.4) is 0 Å². The first-order chi connectivity index (χ1) is 9.63. The van der Waals surface area contributed by atoms with E-state index in [1.165, 1.54) is 5.56 Å². The minimum absolute atomic E-state index is 0.0778. The fourth-order valence-corrected chi connectivity index (χ4v) is 2.72. The molecule has 1 aliphatic heterocycles. The van der Waals surface area contributed by atoms with Crippen LogP contribution in [0.1, 0.15) is 21.5 Å². The van der Waals surface area contributed by atoms with Crippen molar-refractivity contribution in [2.75, 3.05) is 17.2 Å². The Labute approximate surface area is 126 Å². The predicted molar refractivity (Wildman–Crippen MR) is 85.5 cm³/mol. The maximum atomic E-state index is 12.3. The lowest BCUT2D eigenvalue weighted by molar-refractivity contribution is 0.102. The minimum Gasteiger partial charge on any atom is -0.384 e. The molecule has 0 aromatic heterocycles. The Bertz CT molecular complexity index is 682. The van der Waals surface area contributed by atoms with Crippen molar-refractivity contribution in [1.82, 2.24) is 0 Å². The SMILES string of the molecule is Cc1ccc(Br)c(NC(=O)c2ccc3c(c2)CCN3)c1. The molecule has 0 unspecified atom stereocenters. The zero-order valence-corrected chi connectivity index (χ0v) is 12.8. The molecule has 0 saturated carbocycles. The number of benzene rings is 2. The number of nitrogens with one attached hydrogen (secondary N) is 2. The zero-order chi connectivity index (χ0) is 14.1. The number of hydrogen-bond acceptors (Lipinski definition) is 2. The smallest absolute Gasteiger partial charge is 0.255 e. The standard InChI is InChI=1S/C16H15BrN2O/c1-10-2-4-13(17)15(8-10)19-16(20)12-3-5-14-11(9-12)6-7-18-14/h2-5,8-9,18H,6-7H2,1H3,(H,19,20). The van der Waals surface area contributed by atoms with Gasteiger partial charge in [-0.25, -0.2) is 0 Å². The summed E-state index contributed by atoms with van der Waals surface area (Å²) in [4.78, 5) is 12.3. The van der Waals surface area contributed by atoms with Crippen LogP contribution >= 0.6 is 15.9 Å². The summed E-state index contributed by atoms with van der Waals surface area (Å²) in [6.07, 6.45) is 0.977. The van der Waals surface area contributed by atoms with Gasteiger partial charge >= 0.3 is 0 Å². The maximum absolute atomic E-state index is 12.3. The fourth-order valence-electron chi connectivity index (χ4n) is 2.38. The number of fused-ring (bicyclic) bond motifs is 1. The minimum atomic E-state index is -0.0778. The molecule has 3 nitrogen and oxygen atoms in total. The van der Waals surface area contributed by atoms with Gasteiger partial charge in [-0.3, -0.25) is 4.79 Å². The molecule has 0 atom stereocenters. The lowest BCUT2D eigenvalue weighted by atomic mass is 10.1. The second-order valence-electron chi connectivity index (χ2n) is 4.99. The molecule has 0 bridgehead atoms. The molecular formula is C16H15BrN2O. The van der Waals surface area contributed by atoms with Gasteiger partial charge in [0.25, 0.3) is 5.91 Å². The highest BCUT2D eigenvalue weighted by atomic mass is 79.9. The third-order valence-electron chi connectivity index (χ3n) is 3.45. The van der Waals surface area contributed by atoms with Crippen molar-refractivity contribution in [1.29, 1.82) is 0 Å². The van der Waals surface area contributed by atoms with Crippen molar-refractivity contribution in [3.63, 3.8) is 0 Å². The highest BCUT2D eigenvalue weighted by molar-refractivity contribution is 9.10. The van der Waals surface area contributed by atoms with Gasteiger partial charge in [0.15, 0.2) is 0 Å². The average molecular weight is 331 g/mol. The van der Waals surface area contributed by atoms with Crippen molar-refractivity contribution >= 4 is 33.2 Å². The van der Waals surface area contributed by atoms with Crippen molar-refractivity contribution in [2.24, 2.45) is 0 Å². The van der Waals surface area contributed by atoms with Gasteiger partial charge in [0.2, 0.25) is 0 Å². The second kappa shape index (κ2) is 5.29. The van der Waals surface area contributed by atoms with Crippen molar-refractivity contribution in [3.05, 3.63) is 57.6 Å². The molecular weight excluding hydrogens is 316 g/mol. The molecule has 2 aromatic carbocycles. The van der Waals surface area contributed by atoms with Crippen LogP contribution in [0.2, 0.25) is 0 Å². The number of hydrogen-bond donors (Lipinski definition) is 2. The summed E-state index contributed by atoms with van der Waals surface area (Å²) in [5.41, 5.74) is 4.95. The Morgan fingerprint density at radius 3 is 2.95 bits per heavy atom. The maximum Gasteiger partial charge on any atom is 0.255 e. The largest absolute Gasteiger partial charge is 0.384 e. The second-order valence-corrected chi connectivity index (χ2v) is 5.84. The van der Waals surface area contributed by atoms with Gasteiger partial charge in [0.1, 0.15) is 0 Å². The number of aryl methyl sites for hydroxylation is 1. The van der Waals surface area contributed by atoms with Gasteiger partial charge in [0, 0.05) is 22.3 Å². The monoisotopic (exact) mass is 330 g/mol. The van der Waals surface area contributed by atoms with Gasteiger partial charge in [-0.15, -0.1) is 0 Å². The van der Waals surface area contributed by atoms with Crippen LogP contribution in [0, 0.1) is 6.92 Å². The number of anilines is 2. The quantitative estimate of drug-likeness (QED) is 0.874. The molecule has 0 saturated heterocycles. The molecule has 2 aromatic rings. The van der Waals surface area contributed by atoms with E-state index in [-0.39, 0.29) is 5.91 Å². The predicted octanol–water partition coefficient (Wildman–Crippen LogP) is 3.98. The molecule has 0 fully saturated rings. The third-order valence-corrected chi connectivity index (χ3v) is 4.14. The molecule has 0 aliphatic carbocycles. The first kappa shape index (κ1) is 13.2. The van der Waals surface area contributed by atoms with E-state index >= 15 is 0 Å². The molecule has 20 heavy (non-hydrogen) atoms. The lowest BCUT2D eigenvalue weighted by Gasteiger charge is -2.09. The van der Waals surface area contributed by atoms with Gasteiger partial charge in [0.05, 0.1) is 5.69 Å². The van der Waals surface area contributed by atoms with E-state index in [0.717, 1.165) is 34.4 Å². The van der Waals surface area contributed by atoms with E-state index in [9.17, 15) is 4.79 Å². The van der Waals surface area contributed by atoms with Gasteiger partial charge in [-0.05, 0) is 70.7 Å². The first-order valence-electron chi connectivity index (χ1n) is 6.58. The van der Waals surface area contributed by atoms with E-state index in [4.69, 9.17) is 0 Å². The summed E-state index contributed by atoms with van der Waals surface area (Å²) in [6, 6.07) is 11.7. The normalized spacial score (nSPS) is 12.7. The van der Waals surface area contributed by atoms with Crippen LogP contribution in [0.5, 0.6) is 0 Å². The van der Waals surface area contributed by atoms with Crippen LogP contribution in [-0.2, 0) is 6.42 Å². The highest BCUT2D eigenvalue weighted by Crippen LogP contribution is 2.26. The van der Waals surface area contributed by atoms with Crippen molar-refractivity contribution in [3.8, 4) is 0 Å². The first-order valence-corrected chi connectivity index (χ1v) is 7.37. The topological polar surface area (TPSA) is 41.1 Å². The summed E-state index contributed by atoms with van der Waals surface area (Å²) < 4.78 is 0.888. The fraction of sp³-hybridized carbons (Fsp3) is 0.188. The summed E-state index contributed by atoms with van der Waals surface area (Å²) in [5.74, 6) is -0.0778. The van der Waals surface area contributed by atoms with Gasteiger partial charge < -0.3 is 10.6 Å². The molecule has 1 heterocycles. The van der Waals surface area contributed by atoms with Gasteiger partial charge in [-0.1, -0.05) is 6.07 Å². The Morgan fingerprint density at radius 1 is 1.25 bits per heavy atom. The average Bonchev–Trinajstić information content (AvgIpc) is 2.90. The lowest BCUT2D eigenvalue weighted by Crippen LogP contribution is -2.12. The van der Waals surface area contributed by atoms with E-state index in [0.29, 0.717) is 5.56 Å². The van der Waals surface area contributed by atoms with Gasteiger partial charge in [-0.2, -0.15) is 0 Å². The molecule has 0 spiro atoms. The zero-order valence-electron chi connectivity index (χ0n) is 11.2. The Hall–Kier alpha value is -1.81. The molecule has 4 heteroatoms. The Balaban J connectivity index is 1.84. The van der Waals surface area contributed by atoms with Crippen LogP contribution in [0.25, 0.3) is 0 Å². The number of carbonyl (C=O) groups is 1. The molecule has 0 radical (unpaired) electrons. The van der Waals surface area contributed by atoms with E-state index in [2.05, 4.69) is 26.6 Å². The summed E-state index contributed by atoms with van der Waals surface area (Å²) in [5, 5.41) is 6.25.